The minimum Gasteiger partial charge on any atom is -0.321 e. The Morgan fingerprint density at radius 3 is 2.88 bits per heavy atom. The number of carbonyl (C=O) groups is 1. The summed E-state index contributed by atoms with van der Waals surface area (Å²) >= 11 is 0. The number of amides is 1. The van der Waals surface area contributed by atoms with E-state index in [1.54, 1.807) is 12.3 Å². The van der Waals surface area contributed by atoms with E-state index in [-0.39, 0.29) is 5.91 Å². The number of aryl methyl sites for hydroxylation is 1. The van der Waals surface area contributed by atoms with Crippen molar-refractivity contribution in [1.29, 1.82) is 0 Å². The molecule has 0 radical (unpaired) electrons. The van der Waals surface area contributed by atoms with E-state index < -0.39 is 0 Å². The first-order valence-electron chi connectivity index (χ1n) is 5.36. The predicted octanol–water partition coefficient (Wildman–Crippen LogP) is 2.35. The minimum absolute atomic E-state index is 0.155. The van der Waals surface area contributed by atoms with Crippen LogP contribution in [0.5, 0.6) is 0 Å². The van der Waals surface area contributed by atoms with Crippen molar-refractivity contribution >= 4 is 5.91 Å². The summed E-state index contributed by atoms with van der Waals surface area (Å²) < 4.78 is 0. The topological polar surface area (TPSA) is 42.0 Å². The van der Waals surface area contributed by atoms with Gasteiger partial charge in [0.1, 0.15) is 5.69 Å². The molecule has 1 N–H and O–H groups in total. The molecule has 0 unspecified atom stereocenters. The highest BCUT2D eigenvalue weighted by Crippen LogP contribution is 2.07. The Morgan fingerprint density at radius 1 is 1.38 bits per heavy atom. The molecule has 0 spiro atoms. The van der Waals surface area contributed by atoms with Crippen molar-refractivity contribution in [3.8, 4) is 0 Å². The number of nitrogens with zero attached hydrogens (tertiary/aromatic N) is 1. The van der Waals surface area contributed by atoms with Crippen LogP contribution in [0, 0.1) is 6.92 Å². The van der Waals surface area contributed by atoms with Crippen molar-refractivity contribution in [3.63, 3.8) is 0 Å². The van der Waals surface area contributed by atoms with Crippen molar-refractivity contribution in [2.75, 3.05) is 0 Å². The van der Waals surface area contributed by atoms with E-state index in [0.29, 0.717) is 5.69 Å². The number of hydrogen-bond donors (Lipinski definition) is 1. The zero-order valence-electron chi connectivity index (χ0n) is 9.23. The van der Waals surface area contributed by atoms with Crippen molar-refractivity contribution in [1.82, 2.24) is 10.3 Å². The molecule has 2 rings (SSSR count). The highest BCUT2D eigenvalue weighted by molar-refractivity contribution is 5.93. The molecule has 1 heterocycles. The van der Waals surface area contributed by atoms with Gasteiger partial charge in [-0.25, -0.2) is 0 Å². The Bertz CT molecular complexity index is 444. The summed E-state index contributed by atoms with van der Waals surface area (Å²) in [6.07, 6.45) is 9.72. The lowest BCUT2D eigenvalue weighted by molar-refractivity contribution is 0.0962. The molecule has 1 amide bonds. The monoisotopic (exact) mass is 214 g/mol. The van der Waals surface area contributed by atoms with Gasteiger partial charge in [0.05, 0.1) is 0 Å². The summed E-state index contributed by atoms with van der Waals surface area (Å²) in [6.45, 7) is 1.95. The lowest BCUT2D eigenvalue weighted by Gasteiger charge is -2.08. The summed E-state index contributed by atoms with van der Waals surface area (Å²) in [5.74, 6) is -0.155. The van der Waals surface area contributed by atoms with Gasteiger partial charge >= 0.3 is 0 Å². The third-order valence-corrected chi connectivity index (χ3v) is 2.40. The van der Waals surface area contributed by atoms with Crippen molar-refractivity contribution < 1.29 is 4.79 Å². The smallest absolute Gasteiger partial charge is 0.274 e. The summed E-state index contributed by atoms with van der Waals surface area (Å²) in [5, 5.41) is 2.83. The maximum Gasteiger partial charge on any atom is 0.274 e. The van der Waals surface area contributed by atoms with Crippen LogP contribution in [0.1, 0.15) is 28.9 Å². The summed E-state index contributed by atoms with van der Waals surface area (Å²) in [5.41, 5.74) is 2.36. The lowest BCUT2D eigenvalue weighted by atomic mass is 10.1. The van der Waals surface area contributed by atoms with E-state index in [1.165, 1.54) is 0 Å². The number of nitrogens with one attached hydrogen (secondary N) is 1. The van der Waals surface area contributed by atoms with E-state index in [2.05, 4.69) is 16.4 Å². The number of rotatable bonds is 2. The first kappa shape index (κ1) is 10.6. The van der Waals surface area contributed by atoms with E-state index in [0.717, 1.165) is 24.1 Å². The molecule has 0 bridgehead atoms. The average molecular weight is 214 g/mol. The molecule has 0 aromatic carbocycles. The third-order valence-electron chi connectivity index (χ3n) is 2.40. The van der Waals surface area contributed by atoms with Crippen molar-refractivity contribution in [2.45, 2.75) is 19.8 Å². The molecular formula is C13H14N2O. The largest absolute Gasteiger partial charge is 0.321 e. The maximum absolute atomic E-state index is 11.8. The van der Waals surface area contributed by atoms with Crippen LogP contribution in [-0.2, 0) is 0 Å². The number of pyridine rings is 1. The number of carbonyl (C=O) groups excluding carboxylic acids is 1. The Balaban J connectivity index is 2.05. The SMILES string of the molecule is Cc1ccc(C(=O)NC2=CCCC=C2)nc1. The van der Waals surface area contributed by atoms with Crippen LogP contribution < -0.4 is 5.32 Å². The Kier molecular flexibility index (Phi) is 3.15. The van der Waals surface area contributed by atoms with Gasteiger partial charge in [0.25, 0.3) is 5.91 Å². The van der Waals surface area contributed by atoms with Gasteiger partial charge in [0.15, 0.2) is 0 Å². The minimum atomic E-state index is -0.155. The molecule has 0 fully saturated rings. The fourth-order valence-electron chi connectivity index (χ4n) is 1.50. The standard InChI is InChI=1S/C13H14N2O/c1-10-7-8-12(14-9-10)13(16)15-11-5-3-2-4-6-11/h3,5-9H,2,4H2,1H3,(H,15,16). The van der Waals surface area contributed by atoms with Crippen molar-refractivity contribution in [2.24, 2.45) is 0 Å². The molecule has 0 saturated heterocycles. The molecule has 3 nitrogen and oxygen atoms in total. The summed E-state index contributed by atoms with van der Waals surface area (Å²) in [4.78, 5) is 15.9. The molecule has 82 valence electrons. The zero-order valence-corrected chi connectivity index (χ0v) is 9.23. The summed E-state index contributed by atoms with van der Waals surface area (Å²) in [6, 6.07) is 3.62. The van der Waals surface area contributed by atoms with Crippen molar-refractivity contribution in [3.05, 3.63) is 53.5 Å². The second kappa shape index (κ2) is 4.75. The highest BCUT2D eigenvalue weighted by Gasteiger charge is 2.08. The first-order chi connectivity index (χ1) is 7.75. The van der Waals surface area contributed by atoms with Gasteiger partial charge in [-0.3, -0.25) is 9.78 Å². The molecule has 1 aliphatic rings. The number of allylic oxidation sites excluding steroid dienone is 3. The van der Waals surface area contributed by atoms with E-state index in [4.69, 9.17) is 0 Å². The second-order valence-electron chi connectivity index (χ2n) is 3.81. The maximum atomic E-state index is 11.8. The fourth-order valence-corrected chi connectivity index (χ4v) is 1.50. The Labute approximate surface area is 94.9 Å². The molecule has 3 heteroatoms. The number of hydrogen-bond acceptors (Lipinski definition) is 2. The first-order valence-corrected chi connectivity index (χ1v) is 5.36. The Morgan fingerprint density at radius 2 is 2.25 bits per heavy atom. The van der Waals surface area contributed by atoms with E-state index in [9.17, 15) is 4.79 Å². The predicted molar refractivity (Wildman–Crippen MR) is 62.9 cm³/mol. The Hall–Kier alpha value is -1.90. The van der Waals surface area contributed by atoms with Crippen LogP contribution in [0.2, 0.25) is 0 Å². The molecular weight excluding hydrogens is 200 g/mol. The van der Waals surface area contributed by atoms with Gasteiger partial charge in [-0.2, -0.15) is 0 Å². The molecule has 0 atom stereocenters. The second-order valence-corrected chi connectivity index (χ2v) is 3.81. The van der Waals surface area contributed by atoms with E-state index in [1.807, 2.05) is 25.1 Å². The highest BCUT2D eigenvalue weighted by atomic mass is 16.1. The van der Waals surface area contributed by atoms with Crippen LogP contribution >= 0.6 is 0 Å². The molecule has 16 heavy (non-hydrogen) atoms. The summed E-state index contributed by atoms with van der Waals surface area (Å²) in [7, 11) is 0. The molecule has 1 aliphatic carbocycles. The third kappa shape index (κ3) is 2.57. The van der Waals surface area contributed by atoms with Crippen LogP contribution in [0.25, 0.3) is 0 Å². The quantitative estimate of drug-likeness (QED) is 0.821. The van der Waals surface area contributed by atoms with Gasteiger partial charge < -0.3 is 5.32 Å². The van der Waals surface area contributed by atoms with Gasteiger partial charge in [-0.05, 0) is 37.5 Å². The van der Waals surface area contributed by atoms with Crippen LogP contribution in [0.15, 0.2) is 42.3 Å². The molecule has 0 saturated carbocycles. The van der Waals surface area contributed by atoms with Gasteiger partial charge in [0.2, 0.25) is 0 Å². The van der Waals surface area contributed by atoms with Crippen LogP contribution in [-0.4, -0.2) is 10.9 Å². The van der Waals surface area contributed by atoms with Gasteiger partial charge in [-0.1, -0.05) is 18.2 Å². The van der Waals surface area contributed by atoms with Crippen LogP contribution in [0.4, 0.5) is 0 Å². The lowest BCUT2D eigenvalue weighted by Crippen LogP contribution is -2.23. The van der Waals surface area contributed by atoms with Gasteiger partial charge in [-0.15, -0.1) is 0 Å². The normalized spacial score (nSPS) is 14.4. The zero-order chi connectivity index (χ0) is 11.4. The molecule has 1 aromatic heterocycles. The molecule has 0 aliphatic heterocycles. The van der Waals surface area contributed by atoms with E-state index >= 15 is 0 Å². The fraction of sp³-hybridized carbons (Fsp3) is 0.231. The molecule has 1 aromatic rings. The average Bonchev–Trinajstić information content (AvgIpc) is 2.31. The van der Waals surface area contributed by atoms with Crippen LogP contribution in [0.3, 0.4) is 0 Å². The van der Waals surface area contributed by atoms with Gasteiger partial charge in [0, 0.05) is 11.9 Å². The number of aromatic nitrogens is 1.